The number of nitrogens with one attached hydrogen (secondary N) is 1. The smallest absolute Gasteiger partial charge is 0.128 e. The standard InChI is InChI=1S/C14H16BrF2N3/c1-3-6-18-13(14-11(15)8-19-20(14)2)10-7-9(16)4-5-12(10)17/h4-5,7-8,13,18H,3,6H2,1-2H3. The average molecular weight is 344 g/mol. The molecule has 1 aromatic heterocycles. The summed E-state index contributed by atoms with van der Waals surface area (Å²) in [5.41, 5.74) is 1.05. The van der Waals surface area contributed by atoms with Gasteiger partial charge in [-0.2, -0.15) is 5.10 Å². The number of benzene rings is 1. The average Bonchev–Trinajstić information content (AvgIpc) is 2.74. The van der Waals surface area contributed by atoms with Crippen molar-refractivity contribution < 1.29 is 8.78 Å². The van der Waals surface area contributed by atoms with E-state index in [1.807, 2.05) is 6.92 Å². The van der Waals surface area contributed by atoms with Gasteiger partial charge in [0, 0.05) is 12.6 Å². The summed E-state index contributed by atoms with van der Waals surface area (Å²) in [5, 5.41) is 7.38. The molecule has 0 aliphatic rings. The molecule has 2 rings (SSSR count). The fraction of sp³-hybridized carbons (Fsp3) is 0.357. The highest BCUT2D eigenvalue weighted by Crippen LogP contribution is 2.30. The molecule has 3 nitrogen and oxygen atoms in total. The molecule has 0 aliphatic heterocycles. The van der Waals surface area contributed by atoms with Gasteiger partial charge in [-0.1, -0.05) is 6.92 Å². The van der Waals surface area contributed by atoms with Gasteiger partial charge in [-0.15, -0.1) is 0 Å². The predicted octanol–water partition coefficient (Wildman–Crippen LogP) is 3.55. The first kappa shape index (κ1) is 15.1. The van der Waals surface area contributed by atoms with Crippen LogP contribution in [0.3, 0.4) is 0 Å². The van der Waals surface area contributed by atoms with Crippen molar-refractivity contribution in [3.05, 3.63) is 51.8 Å². The van der Waals surface area contributed by atoms with Crippen LogP contribution in [-0.2, 0) is 7.05 Å². The van der Waals surface area contributed by atoms with E-state index in [9.17, 15) is 8.78 Å². The van der Waals surface area contributed by atoms with E-state index in [1.54, 1.807) is 17.9 Å². The minimum absolute atomic E-state index is 0.280. The SMILES string of the molecule is CCCNC(c1cc(F)ccc1F)c1c(Br)cnn1C. The molecule has 1 heterocycles. The maximum atomic E-state index is 14.1. The fourth-order valence-corrected chi connectivity index (χ4v) is 2.70. The van der Waals surface area contributed by atoms with E-state index in [0.717, 1.165) is 28.7 Å². The summed E-state index contributed by atoms with van der Waals surface area (Å²) in [7, 11) is 1.78. The van der Waals surface area contributed by atoms with Crippen LogP contribution in [0.2, 0.25) is 0 Å². The number of halogens is 3. The minimum atomic E-state index is -0.456. The molecule has 0 aliphatic carbocycles. The van der Waals surface area contributed by atoms with E-state index >= 15 is 0 Å². The Balaban J connectivity index is 2.50. The second kappa shape index (κ2) is 6.45. The molecule has 1 atom stereocenters. The van der Waals surface area contributed by atoms with Crippen LogP contribution < -0.4 is 5.32 Å². The van der Waals surface area contributed by atoms with Gasteiger partial charge in [0.05, 0.1) is 22.4 Å². The fourth-order valence-electron chi connectivity index (χ4n) is 2.12. The maximum absolute atomic E-state index is 14.1. The molecule has 0 bridgehead atoms. The van der Waals surface area contributed by atoms with E-state index in [-0.39, 0.29) is 5.56 Å². The molecule has 6 heteroatoms. The lowest BCUT2D eigenvalue weighted by atomic mass is 10.0. The van der Waals surface area contributed by atoms with Gasteiger partial charge in [-0.25, -0.2) is 8.78 Å². The lowest BCUT2D eigenvalue weighted by molar-refractivity contribution is 0.511. The molecule has 0 saturated heterocycles. The number of aryl methyl sites for hydroxylation is 1. The summed E-state index contributed by atoms with van der Waals surface area (Å²) in [4.78, 5) is 0. The quantitative estimate of drug-likeness (QED) is 0.899. The number of hydrogen-bond acceptors (Lipinski definition) is 2. The van der Waals surface area contributed by atoms with Crippen molar-refractivity contribution in [1.29, 1.82) is 0 Å². The zero-order valence-electron chi connectivity index (χ0n) is 11.3. The van der Waals surface area contributed by atoms with Gasteiger partial charge in [0.25, 0.3) is 0 Å². The number of hydrogen-bond donors (Lipinski definition) is 1. The van der Waals surface area contributed by atoms with Gasteiger partial charge in [-0.05, 0) is 47.1 Å². The molecular weight excluding hydrogens is 328 g/mol. The summed E-state index contributed by atoms with van der Waals surface area (Å²) in [5.74, 6) is -0.893. The van der Waals surface area contributed by atoms with E-state index in [1.165, 1.54) is 6.07 Å². The van der Waals surface area contributed by atoms with Gasteiger partial charge >= 0.3 is 0 Å². The second-order valence-corrected chi connectivity index (χ2v) is 5.41. The Morgan fingerprint density at radius 1 is 1.40 bits per heavy atom. The van der Waals surface area contributed by atoms with Gasteiger partial charge in [0.15, 0.2) is 0 Å². The Hall–Kier alpha value is -1.27. The third-order valence-electron chi connectivity index (χ3n) is 3.08. The Labute approximate surface area is 125 Å². The molecule has 0 fully saturated rings. The van der Waals surface area contributed by atoms with E-state index in [0.29, 0.717) is 6.54 Å². The zero-order valence-corrected chi connectivity index (χ0v) is 12.9. The summed E-state index contributed by atoms with van der Waals surface area (Å²) in [6.45, 7) is 2.71. The molecule has 2 aromatic rings. The summed E-state index contributed by atoms with van der Waals surface area (Å²) in [6.07, 6.45) is 2.54. The molecule has 0 saturated carbocycles. The highest BCUT2D eigenvalue weighted by atomic mass is 79.9. The lowest BCUT2D eigenvalue weighted by Gasteiger charge is -2.20. The van der Waals surface area contributed by atoms with Crippen molar-refractivity contribution in [2.24, 2.45) is 7.05 Å². The first-order chi connectivity index (χ1) is 9.54. The van der Waals surface area contributed by atoms with Crippen molar-refractivity contribution in [3.8, 4) is 0 Å². The molecule has 1 aromatic carbocycles. The van der Waals surface area contributed by atoms with Crippen LogP contribution in [-0.4, -0.2) is 16.3 Å². The number of nitrogens with zero attached hydrogens (tertiary/aromatic N) is 2. The minimum Gasteiger partial charge on any atom is -0.305 e. The van der Waals surface area contributed by atoms with Gasteiger partial charge in [0.1, 0.15) is 11.6 Å². The third kappa shape index (κ3) is 3.07. The lowest BCUT2D eigenvalue weighted by Crippen LogP contribution is -2.26. The Morgan fingerprint density at radius 3 is 2.75 bits per heavy atom. The van der Waals surface area contributed by atoms with E-state index < -0.39 is 17.7 Å². The molecule has 1 N–H and O–H groups in total. The molecule has 108 valence electrons. The van der Waals surface area contributed by atoms with Crippen LogP contribution in [0, 0.1) is 11.6 Å². The van der Waals surface area contributed by atoms with E-state index in [2.05, 4.69) is 26.3 Å². The van der Waals surface area contributed by atoms with Crippen molar-refractivity contribution in [2.75, 3.05) is 6.54 Å². The van der Waals surface area contributed by atoms with Crippen LogP contribution in [0.5, 0.6) is 0 Å². The predicted molar refractivity (Wildman–Crippen MR) is 77.4 cm³/mol. The third-order valence-corrected chi connectivity index (χ3v) is 3.69. The Morgan fingerprint density at radius 2 is 2.15 bits per heavy atom. The van der Waals surface area contributed by atoms with E-state index in [4.69, 9.17) is 0 Å². The van der Waals surface area contributed by atoms with Gasteiger partial charge in [0.2, 0.25) is 0 Å². The molecule has 0 radical (unpaired) electrons. The highest BCUT2D eigenvalue weighted by Gasteiger charge is 2.23. The van der Waals surface area contributed by atoms with Crippen LogP contribution in [0.25, 0.3) is 0 Å². The normalized spacial score (nSPS) is 12.7. The van der Waals surface area contributed by atoms with Gasteiger partial charge in [-0.3, -0.25) is 4.68 Å². The Kier molecular flexibility index (Phi) is 4.88. The monoisotopic (exact) mass is 343 g/mol. The maximum Gasteiger partial charge on any atom is 0.128 e. The molecular formula is C14H16BrF2N3. The molecule has 0 amide bonds. The number of aromatic nitrogens is 2. The second-order valence-electron chi connectivity index (χ2n) is 4.55. The first-order valence-electron chi connectivity index (χ1n) is 6.40. The van der Waals surface area contributed by atoms with Crippen LogP contribution >= 0.6 is 15.9 Å². The van der Waals surface area contributed by atoms with Crippen molar-refractivity contribution >= 4 is 15.9 Å². The summed E-state index contributed by atoms with van der Waals surface area (Å²) >= 11 is 3.41. The largest absolute Gasteiger partial charge is 0.305 e. The molecule has 20 heavy (non-hydrogen) atoms. The highest BCUT2D eigenvalue weighted by molar-refractivity contribution is 9.10. The topological polar surface area (TPSA) is 29.9 Å². The number of rotatable bonds is 5. The summed E-state index contributed by atoms with van der Waals surface area (Å²) in [6, 6.07) is 3.04. The van der Waals surface area contributed by atoms with Crippen LogP contribution in [0.4, 0.5) is 8.78 Å². The zero-order chi connectivity index (χ0) is 14.7. The summed E-state index contributed by atoms with van der Waals surface area (Å²) < 4.78 is 29.9. The molecule has 1 unspecified atom stereocenters. The Bertz CT molecular complexity index is 579. The van der Waals surface area contributed by atoms with Crippen molar-refractivity contribution in [1.82, 2.24) is 15.1 Å². The van der Waals surface area contributed by atoms with Crippen LogP contribution in [0.1, 0.15) is 30.6 Å². The first-order valence-corrected chi connectivity index (χ1v) is 7.19. The van der Waals surface area contributed by atoms with Crippen molar-refractivity contribution in [2.45, 2.75) is 19.4 Å². The van der Waals surface area contributed by atoms with Gasteiger partial charge < -0.3 is 5.32 Å². The molecule has 0 spiro atoms. The van der Waals surface area contributed by atoms with Crippen molar-refractivity contribution in [3.63, 3.8) is 0 Å². The van der Waals surface area contributed by atoms with Crippen LogP contribution in [0.15, 0.2) is 28.9 Å².